The van der Waals surface area contributed by atoms with Crippen molar-refractivity contribution in [2.24, 2.45) is 5.92 Å². The predicted octanol–water partition coefficient (Wildman–Crippen LogP) is 2.33. The molecule has 1 N–H and O–H groups in total. The van der Waals surface area contributed by atoms with Crippen LogP contribution < -0.4 is 5.32 Å². The van der Waals surface area contributed by atoms with E-state index < -0.39 is 0 Å². The second-order valence-electron chi connectivity index (χ2n) is 4.28. The first kappa shape index (κ1) is 10.7. The van der Waals surface area contributed by atoms with Crippen LogP contribution in [0.2, 0.25) is 0 Å². The van der Waals surface area contributed by atoms with Gasteiger partial charge in [-0.15, -0.1) is 0 Å². The zero-order valence-corrected chi connectivity index (χ0v) is 9.33. The Kier molecular flexibility index (Phi) is 3.75. The van der Waals surface area contributed by atoms with Crippen molar-refractivity contribution in [2.75, 3.05) is 13.7 Å². The molecule has 1 saturated carbocycles. The van der Waals surface area contributed by atoms with Gasteiger partial charge in [-0.3, -0.25) is 0 Å². The summed E-state index contributed by atoms with van der Waals surface area (Å²) < 4.78 is 5.18. The van der Waals surface area contributed by atoms with E-state index in [2.05, 4.69) is 29.6 Å². The molecule has 0 aromatic heterocycles. The van der Waals surface area contributed by atoms with Gasteiger partial charge in [-0.2, -0.15) is 0 Å². The molecule has 0 spiro atoms. The highest BCUT2D eigenvalue weighted by molar-refractivity contribution is 5.26. The summed E-state index contributed by atoms with van der Waals surface area (Å²) in [7, 11) is 1.74. The van der Waals surface area contributed by atoms with E-state index in [1.807, 2.05) is 0 Å². The summed E-state index contributed by atoms with van der Waals surface area (Å²) in [5.41, 5.74) is 2.66. The molecule has 2 heteroatoms. The molecule has 0 aliphatic heterocycles. The zero-order chi connectivity index (χ0) is 10.5. The summed E-state index contributed by atoms with van der Waals surface area (Å²) in [6.07, 6.45) is 2.82. The molecule has 1 fully saturated rings. The molecule has 82 valence electrons. The summed E-state index contributed by atoms with van der Waals surface area (Å²) >= 11 is 0. The highest BCUT2D eigenvalue weighted by atomic mass is 16.5. The maximum atomic E-state index is 5.18. The van der Waals surface area contributed by atoms with E-state index >= 15 is 0 Å². The molecule has 0 heterocycles. The molecule has 0 saturated heterocycles. The standard InChI is InChI=1S/C13H19NO/c1-15-10-13-5-3-2-4-12(13)9-14-8-11-6-7-11/h2-5,11,14H,6-10H2,1H3. The average molecular weight is 205 g/mol. The van der Waals surface area contributed by atoms with Crippen LogP contribution in [0.15, 0.2) is 24.3 Å². The van der Waals surface area contributed by atoms with Crippen LogP contribution in [0, 0.1) is 5.92 Å². The lowest BCUT2D eigenvalue weighted by Gasteiger charge is -2.09. The molecule has 0 bridgehead atoms. The first-order valence-electron chi connectivity index (χ1n) is 5.66. The molecule has 1 aromatic rings. The molecule has 2 nitrogen and oxygen atoms in total. The Hall–Kier alpha value is -0.860. The number of nitrogens with one attached hydrogen (secondary N) is 1. The van der Waals surface area contributed by atoms with Gasteiger partial charge in [0, 0.05) is 13.7 Å². The topological polar surface area (TPSA) is 21.3 Å². The van der Waals surface area contributed by atoms with Crippen molar-refractivity contribution >= 4 is 0 Å². The van der Waals surface area contributed by atoms with Crippen molar-refractivity contribution in [1.82, 2.24) is 5.32 Å². The summed E-state index contributed by atoms with van der Waals surface area (Å²) in [6.45, 7) is 2.85. The SMILES string of the molecule is COCc1ccccc1CNCC1CC1. The third kappa shape index (κ3) is 3.33. The van der Waals surface area contributed by atoms with Crippen molar-refractivity contribution in [3.8, 4) is 0 Å². The molecule has 1 aromatic carbocycles. The molecule has 0 unspecified atom stereocenters. The Morgan fingerprint density at radius 3 is 2.67 bits per heavy atom. The predicted molar refractivity (Wildman–Crippen MR) is 61.6 cm³/mol. The van der Waals surface area contributed by atoms with Crippen LogP contribution >= 0.6 is 0 Å². The van der Waals surface area contributed by atoms with Crippen molar-refractivity contribution in [1.29, 1.82) is 0 Å². The Morgan fingerprint density at radius 2 is 2.00 bits per heavy atom. The highest BCUT2D eigenvalue weighted by Gasteiger charge is 2.20. The van der Waals surface area contributed by atoms with E-state index in [0.29, 0.717) is 6.61 Å². The fourth-order valence-electron chi connectivity index (χ4n) is 1.76. The lowest BCUT2D eigenvalue weighted by Crippen LogP contribution is -2.17. The fourth-order valence-corrected chi connectivity index (χ4v) is 1.76. The van der Waals surface area contributed by atoms with Crippen LogP contribution in [0.1, 0.15) is 24.0 Å². The van der Waals surface area contributed by atoms with Crippen LogP contribution in [-0.2, 0) is 17.9 Å². The molecule has 0 amide bonds. The number of hydrogen-bond acceptors (Lipinski definition) is 2. The minimum atomic E-state index is 0.710. The molecule has 0 radical (unpaired) electrons. The number of rotatable bonds is 6. The molecule has 2 rings (SSSR count). The number of methoxy groups -OCH3 is 1. The molecule has 1 aliphatic rings. The van der Waals surface area contributed by atoms with Crippen LogP contribution in [0.25, 0.3) is 0 Å². The van der Waals surface area contributed by atoms with Gasteiger partial charge in [0.05, 0.1) is 6.61 Å². The van der Waals surface area contributed by atoms with Gasteiger partial charge in [-0.25, -0.2) is 0 Å². The van der Waals surface area contributed by atoms with Gasteiger partial charge in [0.15, 0.2) is 0 Å². The molecule has 15 heavy (non-hydrogen) atoms. The number of benzene rings is 1. The fraction of sp³-hybridized carbons (Fsp3) is 0.538. The lowest BCUT2D eigenvalue weighted by atomic mass is 10.1. The summed E-state index contributed by atoms with van der Waals surface area (Å²) in [4.78, 5) is 0. The van der Waals surface area contributed by atoms with E-state index in [1.165, 1.54) is 30.5 Å². The second kappa shape index (κ2) is 5.29. The van der Waals surface area contributed by atoms with E-state index in [1.54, 1.807) is 7.11 Å². The normalized spacial score (nSPS) is 15.5. The van der Waals surface area contributed by atoms with Gasteiger partial charge >= 0.3 is 0 Å². The van der Waals surface area contributed by atoms with Crippen molar-refractivity contribution < 1.29 is 4.74 Å². The Morgan fingerprint density at radius 1 is 1.27 bits per heavy atom. The van der Waals surface area contributed by atoms with Gasteiger partial charge < -0.3 is 10.1 Å². The smallest absolute Gasteiger partial charge is 0.0716 e. The second-order valence-corrected chi connectivity index (χ2v) is 4.28. The number of ether oxygens (including phenoxy) is 1. The van der Waals surface area contributed by atoms with Crippen molar-refractivity contribution in [3.63, 3.8) is 0 Å². The van der Waals surface area contributed by atoms with Crippen LogP contribution in [0.5, 0.6) is 0 Å². The van der Waals surface area contributed by atoms with E-state index in [-0.39, 0.29) is 0 Å². The molecular weight excluding hydrogens is 186 g/mol. The minimum absolute atomic E-state index is 0.710. The minimum Gasteiger partial charge on any atom is -0.380 e. The van der Waals surface area contributed by atoms with Gasteiger partial charge in [0.2, 0.25) is 0 Å². The van der Waals surface area contributed by atoms with Gasteiger partial charge in [0.25, 0.3) is 0 Å². The summed E-state index contributed by atoms with van der Waals surface area (Å²) in [6, 6.07) is 8.47. The third-order valence-electron chi connectivity index (χ3n) is 2.86. The molecule has 1 aliphatic carbocycles. The molecule has 0 atom stereocenters. The first-order valence-corrected chi connectivity index (χ1v) is 5.66. The maximum Gasteiger partial charge on any atom is 0.0716 e. The third-order valence-corrected chi connectivity index (χ3v) is 2.86. The zero-order valence-electron chi connectivity index (χ0n) is 9.33. The van der Waals surface area contributed by atoms with Crippen LogP contribution in [-0.4, -0.2) is 13.7 Å². The van der Waals surface area contributed by atoms with Crippen LogP contribution in [0.4, 0.5) is 0 Å². The first-order chi connectivity index (χ1) is 7.40. The molecular formula is C13H19NO. The van der Waals surface area contributed by atoms with Gasteiger partial charge in [-0.1, -0.05) is 24.3 Å². The number of hydrogen-bond donors (Lipinski definition) is 1. The Bertz CT molecular complexity index is 307. The van der Waals surface area contributed by atoms with E-state index in [0.717, 1.165) is 12.5 Å². The van der Waals surface area contributed by atoms with Gasteiger partial charge in [-0.05, 0) is 36.4 Å². The maximum absolute atomic E-state index is 5.18. The summed E-state index contributed by atoms with van der Waals surface area (Å²) in [5.74, 6) is 0.944. The quantitative estimate of drug-likeness (QED) is 0.769. The largest absolute Gasteiger partial charge is 0.380 e. The van der Waals surface area contributed by atoms with E-state index in [4.69, 9.17) is 4.74 Å². The summed E-state index contributed by atoms with van der Waals surface area (Å²) in [5, 5.41) is 3.51. The lowest BCUT2D eigenvalue weighted by molar-refractivity contribution is 0.184. The van der Waals surface area contributed by atoms with Crippen molar-refractivity contribution in [2.45, 2.75) is 26.0 Å². The van der Waals surface area contributed by atoms with Crippen molar-refractivity contribution in [3.05, 3.63) is 35.4 Å². The van der Waals surface area contributed by atoms with Crippen LogP contribution in [0.3, 0.4) is 0 Å². The van der Waals surface area contributed by atoms with E-state index in [9.17, 15) is 0 Å². The monoisotopic (exact) mass is 205 g/mol. The van der Waals surface area contributed by atoms with Gasteiger partial charge in [0.1, 0.15) is 0 Å². The Labute approximate surface area is 91.6 Å². The Balaban J connectivity index is 1.86. The highest BCUT2D eigenvalue weighted by Crippen LogP contribution is 2.27. The average Bonchev–Trinajstić information content (AvgIpc) is 3.05.